The number of para-hydroxylation sites is 2. The number of aromatic amines is 1. The Balaban J connectivity index is 1.47. The second-order valence-corrected chi connectivity index (χ2v) is 10.5. The SMILES string of the molecule is CCOc1c(OC)cccc1[C@@H]1CN2C(=O)CN(CCc3ccccc3F)C(=O)[C@]2(C)c2[nH]c3ccccc3c21. The largest absolute Gasteiger partial charge is 0.493 e. The molecule has 0 bridgehead atoms. The molecule has 7 nitrogen and oxygen atoms in total. The Kier molecular flexibility index (Phi) is 6.49. The van der Waals surface area contributed by atoms with Gasteiger partial charge in [0.2, 0.25) is 5.91 Å². The van der Waals surface area contributed by atoms with Crippen LogP contribution in [0.1, 0.15) is 42.1 Å². The predicted octanol–water partition coefficient (Wildman–Crippen LogP) is 4.99. The first kappa shape index (κ1) is 25.9. The van der Waals surface area contributed by atoms with E-state index in [0.717, 1.165) is 22.0 Å². The van der Waals surface area contributed by atoms with Crippen LogP contribution in [0.4, 0.5) is 4.39 Å². The molecule has 0 aliphatic carbocycles. The lowest BCUT2D eigenvalue weighted by Gasteiger charge is -2.51. The molecule has 206 valence electrons. The first-order valence-electron chi connectivity index (χ1n) is 13.6. The lowest BCUT2D eigenvalue weighted by Crippen LogP contribution is -2.67. The highest BCUT2D eigenvalue weighted by Gasteiger charge is 2.56. The zero-order valence-electron chi connectivity index (χ0n) is 22.9. The van der Waals surface area contributed by atoms with Gasteiger partial charge in [0.1, 0.15) is 5.82 Å². The van der Waals surface area contributed by atoms with Gasteiger partial charge in [0.25, 0.3) is 5.91 Å². The maximum Gasteiger partial charge on any atom is 0.254 e. The third kappa shape index (κ3) is 3.93. The maximum atomic E-state index is 14.3. The molecule has 1 N–H and O–H groups in total. The smallest absolute Gasteiger partial charge is 0.254 e. The summed E-state index contributed by atoms with van der Waals surface area (Å²) in [5.41, 5.74) is 2.75. The minimum absolute atomic E-state index is 0.0540. The number of aromatic nitrogens is 1. The van der Waals surface area contributed by atoms with Gasteiger partial charge in [0.15, 0.2) is 17.0 Å². The maximum absolute atomic E-state index is 14.3. The molecule has 0 unspecified atom stereocenters. The molecule has 0 spiro atoms. The summed E-state index contributed by atoms with van der Waals surface area (Å²) in [4.78, 5) is 34.8. The summed E-state index contributed by atoms with van der Waals surface area (Å²) in [6, 6.07) is 20.3. The molecule has 6 rings (SSSR count). The Morgan fingerprint density at radius 1 is 1.05 bits per heavy atom. The summed E-state index contributed by atoms with van der Waals surface area (Å²) < 4.78 is 26.0. The van der Waals surface area contributed by atoms with Gasteiger partial charge in [-0.1, -0.05) is 48.5 Å². The number of amides is 2. The van der Waals surface area contributed by atoms with Gasteiger partial charge >= 0.3 is 0 Å². The van der Waals surface area contributed by atoms with Gasteiger partial charge < -0.3 is 24.3 Å². The number of nitrogens with zero attached hydrogens (tertiary/aromatic N) is 2. The van der Waals surface area contributed by atoms with E-state index in [0.29, 0.717) is 42.3 Å². The fourth-order valence-corrected chi connectivity index (χ4v) is 6.36. The van der Waals surface area contributed by atoms with Crippen LogP contribution in [0.5, 0.6) is 11.5 Å². The first-order valence-corrected chi connectivity index (χ1v) is 13.6. The van der Waals surface area contributed by atoms with E-state index < -0.39 is 5.54 Å². The van der Waals surface area contributed by atoms with E-state index in [1.165, 1.54) is 6.07 Å². The van der Waals surface area contributed by atoms with Gasteiger partial charge in [-0.3, -0.25) is 9.59 Å². The van der Waals surface area contributed by atoms with Crippen molar-refractivity contribution < 1.29 is 23.5 Å². The summed E-state index contributed by atoms with van der Waals surface area (Å²) in [5, 5.41) is 0.998. The van der Waals surface area contributed by atoms with Crippen molar-refractivity contribution in [2.24, 2.45) is 0 Å². The molecule has 40 heavy (non-hydrogen) atoms. The molecule has 3 aromatic carbocycles. The van der Waals surface area contributed by atoms with Crippen molar-refractivity contribution in [1.29, 1.82) is 0 Å². The monoisotopic (exact) mass is 541 g/mol. The Labute approximate surface area is 232 Å². The van der Waals surface area contributed by atoms with E-state index in [1.54, 1.807) is 35.1 Å². The quantitative estimate of drug-likeness (QED) is 0.358. The summed E-state index contributed by atoms with van der Waals surface area (Å²) in [5.74, 6) is 0.371. The van der Waals surface area contributed by atoms with Crippen molar-refractivity contribution in [3.05, 3.63) is 94.9 Å². The van der Waals surface area contributed by atoms with Crippen LogP contribution in [-0.2, 0) is 21.5 Å². The van der Waals surface area contributed by atoms with Crippen LogP contribution in [0.15, 0.2) is 66.7 Å². The lowest BCUT2D eigenvalue weighted by molar-refractivity contribution is -0.166. The minimum Gasteiger partial charge on any atom is -0.493 e. The van der Waals surface area contributed by atoms with Crippen molar-refractivity contribution in [1.82, 2.24) is 14.8 Å². The Morgan fingerprint density at radius 2 is 1.82 bits per heavy atom. The summed E-state index contributed by atoms with van der Waals surface area (Å²) in [6.07, 6.45) is 0.325. The third-order valence-electron chi connectivity index (χ3n) is 8.32. The highest BCUT2D eigenvalue weighted by Crippen LogP contribution is 2.50. The van der Waals surface area contributed by atoms with Gasteiger partial charge in [-0.25, -0.2) is 4.39 Å². The minimum atomic E-state index is -1.24. The second kappa shape index (κ2) is 10.0. The Morgan fingerprint density at radius 3 is 2.60 bits per heavy atom. The highest BCUT2D eigenvalue weighted by molar-refractivity contribution is 6.01. The van der Waals surface area contributed by atoms with Crippen molar-refractivity contribution in [3.8, 4) is 11.5 Å². The number of rotatable bonds is 7. The molecule has 2 aliphatic heterocycles. The van der Waals surface area contributed by atoms with E-state index in [2.05, 4.69) is 4.98 Å². The van der Waals surface area contributed by atoms with E-state index >= 15 is 0 Å². The number of methoxy groups -OCH3 is 1. The zero-order chi connectivity index (χ0) is 28.0. The number of halogens is 1. The van der Waals surface area contributed by atoms with Crippen molar-refractivity contribution in [2.75, 3.05) is 33.4 Å². The molecule has 8 heteroatoms. The van der Waals surface area contributed by atoms with Gasteiger partial charge in [0, 0.05) is 35.5 Å². The molecular weight excluding hydrogens is 509 g/mol. The molecule has 1 fully saturated rings. The van der Waals surface area contributed by atoms with Gasteiger partial charge in [-0.15, -0.1) is 0 Å². The van der Waals surface area contributed by atoms with Crippen LogP contribution in [0.2, 0.25) is 0 Å². The number of carbonyl (C=O) groups is 2. The third-order valence-corrected chi connectivity index (χ3v) is 8.32. The van der Waals surface area contributed by atoms with E-state index in [9.17, 15) is 14.0 Å². The number of nitrogens with one attached hydrogen (secondary N) is 1. The first-order chi connectivity index (χ1) is 19.4. The number of H-pyrrole nitrogens is 1. The summed E-state index contributed by atoms with van der Waals surface area (Å²) in [6.45, 7) is 4.71. The fourth-order valence-electron chi connectivity index (χ4n) is 6.36. The van der Waals surface area contributed by atoms with Gasteiger partial charge in [-0.05, 0) is 49.6 Å². The highest BCUT2D eigenvalue weighted by atomic mass is 19.1. The summed E-state index contributed by atoms with van der Waals surface area (Å²) in [7, 11) is 1.61. The van der Waals surface area contributed by atoms with Gasteiger partial charge in [0.05, 0.1) is 26.0 Å². The van der Waals surface area contributed by atoms with Crippen LogP contribution in [0.3, 0.4) is 0 Å². The Hall–Kier alpha value is -4.33. The van der Waals surface area contributed by atoms with Crippen LogP contribution in [0, 0.1) is 5.82 Å². The van der Waals surface area contributed by atoms with Crippen LogP contribution < -0.4 is 9.47 Å². The van der Waals surface area contributed by atoms with E-state index in [1.807, 2.05) is 56.3 Å². The standard InChI is InChI=1S/C32H32FN3O4/c1-4-40-29-21(12-9-15-26(29)39-3)23-18-36-27(37)19-35(17-16-20-10-5-7-13-24(20)33)31(38)32(36,2)30-28(23)22-11-6-8-14-25(22)34-30/h5-15,23,34H,4,16-19H2,1-3H3/t23-,32-/m0/s1. The number of hydrogen-bond donors (Lipinski definition) is 1. The van der Waals surface area contributed by atoms with E-state index in [-0.39, 0.29) is 36.6 Å². The zero-order valence-corrected chi connectivity index (χ0v) is 22.9. The molecule has 1 aromatic heterocycles. The second-order valence-electron chi connectivity index (χ2n) is 10.5. The molecule has 0 saturated carbocycles. The number of piperazine rings is 1. The molecule has 2 atom stereocenters. The average molecular weight is 542 g/mol. The predicted molar refractivity (Wildman–Crippen MR) is 150 cm³/mol. The van der Waals surface area contributed by atoms with Crippen LogP contribution >= 0.6 is 0 Å². The van der Waals surface area contributed by atoms with E-state index in [4.69, 9.17) is 9.47 Å². The molecule has 3 heterocycles. The van der Waals surface area contributed by atoms with Crippen LogP contribution in [-0.4, -0.2) is 59.9 Å². The van der Waals surface area contributed by atoms with Crippen molar-refractivity contribution in [2.45, 2.75) is 31.7 Å². The number of benzene rings is 3. The average Bonchev–Trinajstić information content (AvgIpc) is 3.36. The van der Waals surface area contributed by atoms with Gasteiger partial charge in [-0.2, -0.15) is 0 Å². The molecule has 2 amide bonds. The van der Waals surface area contributed by atoms with Crippen molar-refractivity contribution in [3.63, 3.8) is 0 Å². The summed E-state index contributed by atoms with van der Waals surface area (Å²) >= 11 is 0. The van der Waals surface area contributed by atoms with Crippen LogP contribution in [0.25, 0.3) is 10.9 Å². The number of ether oxygens (including phenoxy) is 2. The number of hydrogen-bond acceptors (Lipinski definition) is 4. The fraction of sp³-hybridized carbons (Fsp3) is 0.312. The Bertz CT molecular complexity index is 1620. The topological polar surface area (TPSA) is 74.9 Å². The number of carbonyl (C=O) groups excluding carboxylic acids is 2. The number of fused-ring (bicyclic) bond motifs is 5. The lowest BCUT2D eigenvalue weighted by atomic mass is 9.76. The molecule has 1 saturated heterocycles. The molecule has 0 radical (unpaired) electrons. The molecule has 2 aliphatic rings. The van der Waals surface area contributed by atoms with Crippen molar-refractivity contribution >= 4 is 22.7 Å². The molecule has 4 aromatic rings. The molecular formula is C32H32FN3O4. The normalized spacial score (nSPS) is 20.4.